The smallest absolute Gasteiger partial charge is 0.252 e. The first-order chi connectivity index (χ1) is 14.1. The third-order valence-electron chi connectivity index (χ3n) is 4.30. The summed E-state index contributed by atoms with van der Waals surface area (Å²) in [4.78, 5) is 16.5. The van der Waals surface area contributed by atoms with E-state index in [2.05, 4.69) is 40.7 Å². The van der Waals surface area contributed by atoms with Crippen molar-refractivity contribution in [3.8, 4) is 11.5 Å². The molecule has 0 saturated carbocycles. The van der Waals surface area contributed by atoms with Gasteiger partial charge in [-0.25, -0.2) is 4.98 Å². The van der Waals surface area contributed by atoms with Crippen molar-refractivity contribution < 1.29 is 14.3 Å². The van der Waals surface area contributed by atoms with Gasteiger partial charge < -0.3 is 20.1 Å². The molecule has 0 spiro atoms. The number of carbonyl (C=O) groups excluding carboxylic acids is 1. The summed E-state index contributed by atoms with van der Waals surface area (Å²) >= 11 is 0. The fourth-order valence-electron chi connectivity index (χ4n) is 2.75. The van der Waals surface area contributed by atoms with Crippen LogP contribution in [0.5, 0.6) is 11.5 Å². The van der Waals surface area contributed by atoms with Gasteiger partial charge in [0.2, 0.25) is 0 Å². The van der Waals surface area contributed by atoms with Gasteiger partial charge in [-0.3, -0.25) is 4.79 Å². The standard InChI is InChI=1S/C23H25N3O3/c1-17-4-3-5-18(14-17)15-25-22-11-6-19(16-26-22)23(27)24-12-13-29-21-9-7-20(28-2)8-10-21/h3-11,14,16H,12-13,15H2,1-2H3,(H,24,27)(H,25,26). The number of aryl methyl sites for hydroxylation is 1. The van der Waals surface area contributed by atoms with Crippen LogP contribution in [0.15, 0.2) is 66.9 Å². The molecule has 1 aromatic heterocycles. The number of nitrogens with zero attached hydrogens (tertiary/aromatic N) is 1. The van der Waals surface area contributed by atoms with Crippen LogP contribution >= 0.6 is 0 Å². The summed E-state index contributed by atoms with van der Waals surface area (Å²) in [6.45, 7) is 3.53. The maximum atomic E-state index is 12.2. The van der Waals surface area contributed by atoms with E-state index in [4.69, 9.17) is 9.47 Å². The summed E-state index contributed by atoms with van der Waals surface area (Å²) in [7, 11) is 1.62. The highest BCUT2D eigenvalue weighted by Crippen LogP contribution is 2.16. The zero-order chi connectivity index (χ0) is 20.5. The zero-order valence-electron chi connectivity index (χ0n) is 16.6. The van der Waals surface area contributed by atoms with Gasteiger partial charge in [0, 0.05) is 12.7 Å². The molecule has 150 valence electrons. The van der Waals surface area contributed by atoms with Crippen molar-refractivity contribution in [2.24, 2.45) is 0 Å². The largest absolute Gasteiger partial charge is 0.497 e. The van der Waals surface area contributed by atoms with Crippen LogP contribution in [0.4, 0.5) is 5.82 Å². The molecular formula is C23H25N3O3. The highest BCUT2D eigenvalue weighted by atomic mass is 16.5. The Kier molecular flexibility index (Phi) is 7.05. The van der Waals surface area contributed by atoms with Crippen LogP contribution in [0.1, 0.15) is 21.5 Å². The number of benzene rings is 2. The SMILES string of the molecule is COc1ccc(OCCNC(=O)c2ccc(NCc3cccc(C)c3)nc2)cc1. The second-order valence-corrected chi connectivity index (χ2v) is 6.55. The summed E-state index contributed by atoms with van der Waals surface area (Å²) in [5.74, 6) is 2.05. The molecule has 0 aliphatic carbocycles. The number of nitrogens with one attached hydrogen (secondary N) is 2. The number of aromatic nitrogens is 1. The van der Waals surface area contributed by atoms with Gasteiger partial charge in [0.25, 0.3) is 5.91 Å². The molecule has 0 saturated heterocycles. The summed E-state index contributed by atoms with van der Waals surface area (Å²) in [6.07, 6.45) is 1.57. The van der Waals surface area contributed by atoms with E-state index in [-0.39, 0.29) is 5.91 Å². The third kappa shape index (κ3) is 6.24. The molecule has 1 heterocycles. The second kappa shape index (κ2) is 10.1. The van der Waals surface area contributed by atoms with Crippen molar-refractivity contribution in [1.82, 2.24) is 10.3 Å². The zero-order valence-corrected chi connectivity index (χ0v) is 16.6. The fraction of sp³-hybridized carbons (Fsp3) is 0.217. The van der Waals surface area contributed by atoms with E-state index in [0.29, 0.717) is 25.3 Å². The molecule has 0 unspecified atom stereocenters. The van der Waals surface area contributed by atoms with Gasteiger partial charge in [-0.05, 0) is 48.9 Å². The van der Waals surface area contributed by atoms with Crippen molar-refractivity contribution in [2.45, 2.75) is 13.5 Å². The number of rotatable bonds is 9. The topological polar surface area (TPSA) is 72.5 Å². The van der Waals surface area contributed by atoms with E-state index in [1.807, 2.05) is 30.3 Å². The average molecular weight is 391 g/mol. The fourth-order valence-corrected chi connectivity index (χ4v) is 2.75. The normalized spacial score (nSPS) is 10.3. The number of amides is 1. The quantitative estimate of drug-likeness (QED) is 0.543. The van der Waals surface area contributed by atoms with Crippen LogP contribution in [0.3, 0.4) is 0 Å². The molecule has 2 aromatic carbocycles. The Balaban J connectivity index is 1.41. The number of pyridine rings is 1. The van der Waals surface area contributed by atoms with Crippen LogP contribution < -0.4 is 20.1 Å². The average Bonchev–Trinajstić information content (AvgIpc) is 2.76. The lowest BCUT2D eigenvalue weighted by atomic mass is 10.1. The van der Waals surface area contributed by atoms with Crippen molar-refractivity contribution in [2.75, 3.05) is 25.6 Å². The molecule has 3 aromatic rings. The first-order valence-electron chi connectivity index (χ1n) is 9.44. The van der Waals surface area contributed by atoms with E-state index in [0.717, 1.165) is 17.3 Å². The Labute approximate surface area is 170 Å². The highest BCUT2D eigenvalue weighted by molar-refractivity contribution is 5.94. The van der Waals surface area contributed by atoms with Crippen molar-refractivity contribution in [3.63, 3.8) is 0 Å². The number of carbonyl (C=O) groups is 1. The lowest BCUT2D eigenvalue weighted by Crippen LogP contribution is -2.28. The highest BCUT2D eigenvalue weighted by Gasteiger charge is 2.06. The lowest BCUT2D eigenvalue weighted by Gasteiger charge is -2.09. The van der Waals surface area contributed by atoms with E-state index in [1.54, 1.807) is 25.4 Å². The third-order valence-corrected chi connectivity index (χ3v) is 4.30. The van der Waals surface area contributed by atoms with Crippen molar-refractivity contribution in [1.29, 1.82) is 0 Å². The molecule has 2 N–H and O–H groups in total. The Morgan fingerprint density at radius 1 is 1.03 bits per heavy atom. The summed E-state index contributed by atoms with van der Waals surface area (Å²) in [5, 5.41) is 6.09. The predicted molar refractivity (Wildman–Crippen MR) is 114 cm³/mol. The molecule has 6 nitrogen and oxygen atoms in total. The second-order valence-electron chi connectivity index (χ2n) is 6.55. The van der Waals surface area contributed by atoms with E-state index >= 15 is 0 Å². The minimum Gasteiger partial charge on any atom is -0.497 e. The van der Waals surface area contributed by atoms with Gasteiger partial charge in [-0.2, -0.15) is 0 Å². The van der Waals surface area contributed by atoms with Gasteiger partial charge in [0.05, 0.1) is 19.2 Å². The monoisotopic (exact) mass is 391 g/mol. The first kappa shape index (κ1) is 20.2. The van der Waals surface area contributed by atoms with Gasteiger partial charge in [0.15, 0.2) is 0 Å². The van der Waals surface area contributed by atoms with Gasteiger partial charge in [0.1, 0.15) is 23.9 Å². The first-order valence-corrected chi connectivity index (χ1v) is 9.44. The minimum atomic E-state index is -0.180. The van der Waals surface area contributed by atoms with Crippen molar-refractivity contribution in [3.05, 3.63) is 83.6 Å². The molecule has 0 bridgehead atoms. The molecule has 0 fully saturated rings. The molecule has 0 radical (unpaired) electrons. The van der Waals surface area contributed by atoms with E-state index in [9.17, 15) is 4.79 Å². The number of anilines is 1. The van der Waals surface area contributed by atoms with Crippen LogP contribution in [0.25, 0.3) is 0 Å². The minimum absolute atomic E-state index is 0.180. The number of ether oxygens (including phenoxy) is 2. The van der Waals surface area contributed by atoms with Crippen LogP contribution in [-0.4, -0.2) is 31.2 Å². The lowest BCUT2D eigenvalue weighted by molar-refractivity contribution is 0.0946. The maximum Gasteiger partial charge on any atom is 0.252 e. The molecule has 29 heavy (non-hydrogen) atoms. The van der Waals surface area contributed by atoms with Crippen LogP contribution in [-0.2, 0) is 6.54 Å². The summed E-state index contributed by atoms with van der Waals surface area (Å²) in [5.41, 5.74) is 2.92. The van der Waals surface area contributed by atoms with Gasteiger partial charge in [-0.1, -0.05) is 29.8 Å². The van der Waals surface area contributed by atoms with Gasteiger partial charge in [-0.15, -0.1) is 0 Å². The Bertz CT molecular complexity index is 925. The Morgan fingerprint density at radius 3 is 2.52 bits per heavy atom. The number of hydrogen-bond donors (Lipinski definition) is 2. The number of hydrogen-bond acceptors (Lipinski definition) is 5. The molecule has 1 amide bonds. The van der Waals surface area contributed by atoms with Crippen LogP contribution in [0, 0.1) is 6.92 Å². The van der Waals surface area contributed by atoms with Gasteiger partial charge >= 0.3 is 0 Å². The van der Waals surface area contributed by atoms with E-state index in [1.165, 1.54) is 11.1 Å². The Morgan fingerprint density at radius 2 is 1.83 bits per heavy atom. The van der Waals surface area contributed by atoms with Crippen LogP contribution in [0.2, 0.25) is 0 Å². The Hall–Kier alpha value is -3.54. The summed E-state index contributed by atoms with van der Waals surface area (Å²) in [6, 6.07) is 19.2. The molecule has 0 aliphatic heterocycles. The van der Waals surface area contributed by atoms with Crippen molar-refractivity contribution >= 4 is 11.7 Å². The maximum absolute atomic E-state index is 12.2. The molecule has 0 atom stereocenters. The summed E-state index contributed by atoms with van der Waals surface area (Å²) < 4.78 is 10.7. The number of methoxy groups -OCH3 is 1. The molecule has 3 rings (SSSR count). The molecule has 6 heteroatoms. The van der Waals surface area contributed by atoms with E-state index < -0.39 is 0 Å². The molecule has 0 aliphatic rings. The predicted octanol–water partition coefficient (Wildman–Crippen LogP) is 3.82. The molecular weight excluding hydrogens is 366 g/mol.